The molecule has 2 aliphatic heterocycles. The summed E-state index contributed by atoms with van der Waals surface area (Å²) in [5, 5.41) is 3.15. The van der Waals surface area contributed by atoms with Crippen LogP contribution in [0.2, 0.25) is 0 Å². The van der Waals surface area contributed by atoms with Crippen molar-refractivity contribution in [2.75, 3.05) is 33.4 Å². The fourth-order valence-electron chi connectivity index (χ4n) is 3.48. The molecule has 0 atom stereocenters. The molecule has 0 aromatic heterocycles. The molecular weight excluding hydrogens is 397 g/mol. The highest BCUT2D eigenvalue weighted by Crippen LogP contribution is 2.50. The van der Waals surface area contributed by atoms with E-state index in [0.29, 0.717) is 44.9 Å². The number of rotatable bonds is 5. The minimum Gasteiger partial charge on any atom is -0.493 e. The summed E-state index contributed by atoms with van der Waals surface area (Å²) in [6.07, 6.45) is 1.68. The number of amides is 1. The first-order chi connectivity index (χ1) is 13.9. The van der Waals surface area contributed by atoms with Gasteiger partial charge in [-0.3, -0.25) is 9.36 Å². The van der Waals surface area contributed by atoms with Gasteiger partial charge in [-0.05, 0) is 48.4 Å². The van der Waals surface area contributed by atoms with Crippen LogP contribution < -0.4 is 24.8 Å². The van der Waals surface area contributed by atoms with Gasteiger partial charge in [-0.2, -0.15) is 0 Å². The smallest absolute Gasteiger partial charge is 0.361 e. The highest BCUT2D eigenvalue weighted by Gasteiger charge is 2.36. The van der Waals surface area contributed by atoms with Gasteiger partial charge in [0.25, 0.3) is 5.91 Å². The molecule has 0 unspecified atom stereocenters. The molecule has 29 heavy (non-hydrogen) atoms. The number of ether oxygens (including phenoxy) is 3. The van der Waals surface area contributed by atoms with Crippen LogP contribution in [0.1, 0.15) is 16.7 Å². The lowest BCUT2D eigenvalue weighted by Crippen LogP contribution is -2.13. The maximum Gasteiger partial charge on any atom is 0.361 e. The predicted molar refractivity (Wildman–Crippen MR) is 108 cm³/mol. The molecule has 0 fully saturated rings. The first kappa shape index (κ1) is 19.5. The van der Waals surface area contributed by atoms with Gasteiger partial charge >= 0.3 is 7.60 Å². The molecule has 0 saturated heterocycles. The topological polar surface area (TPSA) is 92.3 Å². The van der Waals surface area contributed by atoms with E-state index in [4.69, 9.17) is 23.3 Å². The second-order valence-electron chi connectivity index (χ2n) is 6.54. The van der Waals surface area contributed by atoms with E-state index in [1.54, 1.807) is 24.3 Å². The molecule has 0 spiro atoms. The molecule has 4 rings (SSSR count). The van der Waals surface area contributed by atoms with Crippen molar-refractivity contribution in [3.63, 3.8) is 0 Å². The number of nitrogens with one attached hydrogen (secondary N) is 1. The van der Waals surface area contributed by atoms with Crippen LogP contribution in [-0.4, -0.2) is 34.0 Å². The number of hydrogen-bond acceptors (Lipinski definition) is 7. The number of aryl methyl sites for hydroxylation is 1. The summed E-state index contributed by atoms with van der Waals surface area (Å²) in [5.74, 6) is 1.22. The lowest BCUT2D eigenvalue weighted by molar-refractivity contribution is -0.110. The molecule has 0 saturated carbocycles. The highest BCUT2D eigenvalue weighted by molar-refractivity contribution is 7.62. The van der Waals surface area contributed by atoms with Gasteiger partial charge in [0.1, 0.15) is 0 Å². The van der Waals surface area contributed by atoms with Crippen LogP contribution in [0, 0.1) is 6.92 Å². The lowest BCUT2D eigenvalue weighted by atomic mass is 10.0. The van der Waals surface area contributed by atoms with Crippen molar-refractivity contribution in [3.05, 3.63) is 41.0 Å². The molecule has 0 bridgehead atoms. The maximum absolute atomic E-state index is 13.2. The molecule has 0 aliphatic carbocycles. The molecule has 2 aromatic rings. The summed E-state index contributed by atoms with van der Waals surface area (Å²) < 4.78 is 39.8. The van der Waals surface area contributed by atoms with Crippen molar-refractivity contribution in [2.45, 2.75) is 6.92 Å². The normalized spacial score (nSPS) is 16.1. The van der Waals surface area contributed by atoms with Crippen LogP contribution >= 0.6 is 7.60 Å². The third kappa shape index (κ3) is 3.19. The summed E-state index contributed by atoms with van der Waals surface area (Å²) in [6, 6.07) is 7.02. The van der Waals surface area contributed by atoms with Crippen LogP contribution in [0.3, 0.4) is 0 Å². The van der Waals surface area contributed by atoms with E-state index in [1.807, 2.05) is 13.0 Å². The maximum atomic E-state index is 13.2. The second kappa shape index (κ2) is 7.22. The van der Waals surface area contributed by atoms with Gasteiger partial charge in [0.05, 0.1) is 23.7 Å². The molecule has 152 valence electrons. The zero-order chi connectivity index (χ0) is 20.8. The van der Waals surface area contributed by atoms with Crippen LogP contribution in [0.5, 0.6) is 17.2 Å². The Bertz CT molecular complexity index is 1080. The van der Waals surface area contributed by atoms with Gasteiger partial charge in [-0.15, -0.1) is 0 Å². The Balaban J connectivity index is 1.91. The number of carbonyl (C=O) groups is 1. The van der Waals surface area contributed by atoms with Gasteiger partial charge in [0, 0.05) is 19.8 Å². The molecular formula is C20H20NO7P. The average molecular weight is 417 g/mol. The Labute approximate surface area is 167 Å². The molecule has 2 aliphatic rings. The number of benzene rings is 2. The van der Waals surface area contributed by atoms with Gasteiger partial charge in [0.15, 0.2) is 11.5 Å². The number of fused-ring (bicyclic) bond motifs is 2. The van der Waals surface area contributed by atoms with Crippen molar-refractivity contribution in [3.8, 4) is 17.2 Å². The van der Waals surface area contributed by atoms with E-state index in [1.165, 1.54) is 21.3 Å². The van der Waals surface area contributed by atoms with Gasteiger partial charge in [-0.25, -0.2) is 0 Å². The zero-order valence-corrected chi connectivity index (χ0v) is 17.3. The Morgan fingerprint density at radius 1 is 1.10 bits per heavy atom. The van der Waals surface area contributed by atoms with Gasteiger partial charge in [-0.1, -0.05) is 0 Å². The van der Waals surface area contributed by atoms with E-state index in [2.05, 4.69) is 5.32 Å². The van der Waals surface area contributed by atoms with E-state index < -0.39 is 7.60 Å². The van der Waals surface area contributed by atoms with Crippen molar-refractivity contribution < 1.29 is 32.6 Å². The summed E-state index contributed by atoms with van der Waals surface area (Å²) in [7, 11) is 0.556. The number of carbonyl (C=O) groups excluding carboxylic acids is 1. The summed E-state index contributed by atoms with van der Waals surface area (Å²) in [4.78, 5) is 12.8. The highest BCUT2D eigenvalue weighted by atomic mass is 31.2. The second-order valence-corrected chi connectivity index (χ2v) is 8.75. The Morgan fingerprint density at radius 2 is 1.86 bits per heavy atom. The SMILES string of the molecule is COc1cc(/C=C2\C(=O)Nc3cc(C)cc(P(=O)(OC)OC)c32)cc2c1OCO2. The first-order valence-corrected chi connectivity index (χ1v) is 10.3. The molecule has 1 amide bonds. The minimum absolute atomic E-state index is 0.101. The third-order valence-electron chi connectivity index (χ3n) is 4.79. The van der Waals surface area contributed by atoms with Crippen molar-refractivity contribution >= 4 is 36.1 Å². The van der Waals surface area contributed by atoms with Crippen LogP contribution in [0.15, 0.2) is 24.3 Å². The number of hydrogen-bond donors (Lipinski definition) is 1. The predicted octanol–water partition coefficient (Wildman–Crippen LogP) is 3.34. The molecule has 9 heteroatoms. The fraction of sp³-hybridized carbons (Fsp3) is 0.250. The Kier molecular flexibility index (Phi) is 4.86. The van der Waals surface area contributed by atoms with Crippen molar-refractivity contribution in [1.29, 1.82) is 0 Å². The molecule has 0 radical (unpaired) electrons. The van der Waals surface area contributed by atoms with Crippen molar-refractivity contribution in [2.24, 2.45) is 0 Å². The number of methoxy groups -OCH3 is 1. The largest absolute Gasteiger partial charge is 0.493 e. The summed E-state index contributed by atoms with van der Waals surface area (Å²) in [5.41, 5.74) is 2.87. The molecule has 1 N–H and O–H groups in total. The number of anilines is 1. The Hall–Kier alpha value is -2.80. The summed E-state index contributed by atoms with van der Waals surface area (Å²) in [6.45, 7) is 1.94. The van der Waals surface area contributed by atoms with Gasteiger partial charge in [0.2, 0.25) is 12.5 Å². The van der Waals surface area contributed by atoms with E-state index in [9.17, 15) is 9.36 Å². The van der Waals surface area contributed by atoms with E-state index in [-0.39, 0.29) is 12.7 Å². The monoisotopic (exact) mass is 417 g/mol. The van der Waals surface area contributed by atoms with Gasteiger partial charge < -0.3 is 28.6 Å². The van der Waals surface area contributed by atoms with E-state index in [0.717, 1.165) is 5.56 Å². The molecule has 2 heterocycles. The van der Waals surface area contributed by atoms with Crippen LogP contribution in [-0.2, 0) is 18.4 Å². The zero-order valence-electron chi connectivity index (χ0n) is 16.4. The molecule has 8 nitrogen and oxygen atoms in total. The average Bonchev–Trinajstić information content (AvgIpc) is 3.30. The minimum atomic E-state index is -3.60. The van der Waals surface area contributed by atoms with E-state index >= 15 is 0 Å². The fourth-order valence-corrected chi connectivity index (χ4v) is 4.90. The third-order valence-corrected chi connectivity index (χ3v) is 6.70. The van der Waals surface area contributed by atoms with Crippen molar-refractivity contribution in [1.82, 2.24) is 0 Å². The molecule has 2 aromatic carbocycles. The Morgan fingerprint density at radius 3 is 2.55 bits per heavy atom. The summed E-state index contributed by atoms with van der Waals surface area (Å²) >= 11 is 0. The quantitative estimate of drug-likeness (QED) is 0.589. The van der Waals surface area contributed by atoms with Crippen LogP contribution in [0.25, 0.3) is 11.6 Å². The lowest BCUT2D eigenvalue weighted by Gasteiger charge is -2.18. The van der Waals surface area contributed by atoms with Crippen LogP contribution in [0.4, 0.5) is 5.69 Å². The first-order valence-electron chi connectivity index (χ1n) is 8.78. The standard InChI is InChI=1S/C20H20NO7P/c1-11-5-14-18(17(6-11)29(23,25-3)26-4)13(20(22)21-14)7-12-8-15(24-2)19-16(9-12)27-10-28-19/h5-9H,10H2,1-4H3,(H,21,22)/b13-7-.